The molecule has 7 nitrogen and oxygen atoms in total. The van der Waals surface area contributed by atoms with Crippen LogP contribution in [0.1, 0.15) is 32.9 Å². The largest absolute Gasteiger partial charge is 0.465 e. The van der Waals surface area contributed by atoms with Gasteiger partial charge in [0, 0.05) is 40.7 Å². The van der Waals surface area contributed by atoms with Crippen molar-refractivity contribution >= 4 is 28.9 Å². The van der Waals surface area contributed by atoms with Crippen molar-refractivity contribution in [1.29, 1.82) is 5.26 Å². The molecule has 0 bridgehead atoms. The number of hydrogen-bond donors (Lipinski definition) is 2. The number of para-hydroxylation sites is 1. The van der Waals surface area contributed by atoms with Gasteiger partial charge in [-0.2, -0.15) is 5.26 Å². The smallest absolute Gasteiger partial charge is 0.337 e. The molecule has 0 unspecified atom stereocenters. The Morgan fingerprint density at radius 1 is 1.14 bits per heavy atom. The summed E-state index contributed by atoms with van der Waals surface area (Å²) in [5, 5.41) is 13.6. The summed E-state index contributed by atoms with van der Waals surface area (Å²) in [6, 6.07) is 19.1. The Labute approximate surface area is 203 Å². The van der Waals surface area contributed by atoms with Crippen molar-refractivity contribution in [2.45, 2.75) is 20.3 Å². The molecule has 4 rings (SSSR count). The van der Waals surface area contributed by atoms with Crippen LogP contribution in [0.2, 0.25) is 0 Å². The van der Waals surface area contributed by atoms with Crippen LogP contribution in [0.15, 0.2) is 66.4 Å². The third-order valence-corrected chi connectivity index (χ3v) is 6.04. The van der Waals surface area contributed by atoms with Crippen molar-refractivity contribution in [2.75, 3.05) is 13.7 Å². The van der Waals surface area contributed by atoms with Gasteiger partial charge in [0.15, 0.2) is 0 Å². The second-order valence-corrected chi connectivity index (χ2v) is 8.24. The number of fused-ring (bicyclic) bond motifs is 1. The first-order valence-electron chi connectivity index (χ1n) is 11.3. The predicted molar refractivity (Wildman–Crippen MR) is 135 cm³/mol. The Balaban J connectivity index is 1.49. The van der Waals surface area contributed by atoms with E-state index < -0.39 is 11.9 Å². The predicted octanol–water partition coefficient (Wildman–Crippen LogP) is 4.63. The van der Waals surface area contributed by atoms with Gasteiger partial charge in [0.25, 0.3) is 5.91 Å². The second-order valence-electron chi connectivity index (χ2n) is 8.24. The number of aryl methyl sites for hydroxylation is 1. The zero-order valence-corrected chi connectivity index (χ0v) is 19.9. The summed E-state index contributed by atoms with van der Waals surface area (Å²) in [5.74, 6) is -0.796. The molecule has 7 heteroatoms. The van der Waals surface area contributed by atoms with Gasteiger partial charge in [-0.1, -0.05) is 18.2 Å². The maximum absolute atomic E-state index is 12.7. The fraction of sp³-hybridized carbons (Fsp3) is 0.179. The van der Waals surface area contributed by atoms with Crippen molar-refractivity contribution in [3.63, 3.8) is 0 Å². The van der Waals surface area contributed by atoms with Gasteiger partial charge in [-0.3, -0.25) is 4.79 Å². The van der Waals surface area contributed by atoms with E-state index in [9.17, 15) is 14.9 Å². The van der Waals surface area contributed by atoms with Crippen LogP contribution in [0, 0.1) is 25.2 Å². The third-order valence-electron chi connectivity index (χ3n) is 6.04. The van der Waals surface area contributed by atoms with Crippen LogP contribution in [0.4, 0.5) is 0 Å². The Bertz CT molecular complexity index is 1470. The highest BCUT2D eigenvalue weighted by molar-refractivity contribution is 6.01. The van der Waals surface area contributed by atoms with E-state index in [1.165, 1.54) is 7.11 Å². The molecule has 0 spiro atoms. The highest BCUT2D eigenvalue weighted by Gasteiger charge is 2.14. The van der Waals surface area contributed by atoms with Crippen LogP contribution in [0.3, 0.4) is 0 Å². The summed E-state index contributed by atoms with van der Waals surface area (Å²) < 4.78 is 6.77. The van der Waals surface area contributed by atoms with Crippen LogP contribution in [0.25, 0.3) is 22.7 Å². The van der Waals surface area contributed by atoms with Crippen molar-refractivity contribution in [1.82, 2.24) is 14.9 Å². The molecular formula is C28H26N4O3. The molecule has 2 aromatic carbocycles. The molecule has 0 saturated carbocycles. The van der Waals surface area contributed by atoms with E-state index in [4.69, 9.17) is 4.74 Å². The average molecular weight is 467 g/mol. The quantitative estimate of drug-likeness (QED) is 0.236. The molecule has 0 aliphatic rings. The highest BCUT2D eigenvalue weighted by Crippen LogP contribution is 2.23. The van der Waals surface area contributed by atoms with Gasteiger partial charge in [-0.25, -0.2) is 4.79 Å². The Morgan fingerprint density at radius 2 is 1.89 bits per heavy atom. The number of ether oxygens (including phenoxy) is 1. The number of nitrogens with zero attached hydrogens (tertiary/aromatic N) is 2. The second kappa shape index (κ2) is 10.1. The highest BCUT2D eigenvalue weighted by atomic mass is 16.5. The van der Waals surface area contributed by atoms with E-state index >= 15 is 0 Å². The zero-order valence-electron chi connectivity index (χ0n) is 19.9. The van der Waals surface area contributed by atoms with Crippen LogP contribution >= 0.6 is 0 Å². The van der Waals surface area contributed by atoms with E-state index in [0.717, 1.165) is 39.1 Å². The number of nitrogens with one attached hydrogen (secondary N) is 2. The molecule has 2 aromatic heterocycles. The molecule has 35 heavy (non-hydrogen) atoms. The SMILES string of the molecule is COC(=O)c1ccc(-n2c(C)cc(/C=C(/C#N)C(=O)NCCc3c[nH]c4ccccc34)c2C)cc1. The molecule has 0 atom stereocenters. The van der Waals surface area contributed by atoms with Crippen molar-refractivity contribution in [3.05, 3.63) is 94.4 Å². The first kappa shape index (κ1) is 23.6. The van der Waals surface area contributed by atoms with E-state index in [-0.39, 0.29) is 5.57 Å². The lowest BCUT2D eigenvalue weighted by molar-refractivity contribution is -0.117. The number of esters is 1. The number of hydrogen-bond acceptors (Lipinski definition) is 4. The van der Waals surface area contributed by atoms with Gasteiger partial charge < -0.3 is 19.6 Å². The maximum Gasteiger partial charge on any atom is 0.337 e. The summed E-state index contributed by atoms with van der Waals surface area (Å²) in [4.78, 5) is 27.7. The van der Waals surface area contributed by atoms with Crippen LogP contribution < -0.4 is 5.32 Å². The Hall–Kier alpha value is -4.57. The topological polar surface area (TPSA) is 99.9 Å². The van der Waals surface area contributed by atoms with Gasteiger partial charge in [0.2, 0.25) is 0 Å². The number of aromatic amines is 1. The number of aromatic nitrogens is 2. The third kappa shape index (κ3) is 4.87. The monoisotopic (exact) mass is 466 g/mol. The molecule has 176 valence electrons. The molecule has 0 aliphatic heterocycles. The first-order valence-corrected chi connectivity index (χ1v) is 11.3. The van der Waals surface area contributed by atoms with E-state index in [0.29, 0.717) is 18.5 Å². The minimum atomic E-state index is -0.403. The molecule has 0 aliphatic carbocycles. The summed E-state index contributed by atoms with van der Waals surface area (Å²) in [5.41, 5.74) is 6.16. The molecule has 0 saturated heterocycles. The number of methoxy groups -OCH3 is 1. The fourth-order valence-corrected chi connectivity index (χ4v) is 4.24. The van der Waals surface area contributed by atoms with Crippen molar-refractivity contribution in [3.8, 4) is 11.8 Å². The molecule has 2 N–H and O–H groups in total. The summed E-state index contributed by atoms with van der Waals surface area (Å²) in [7, 11) is 1.35. The van der Waals surface area contributed by atoms with Gasteiger partial charge >= 0.3 is 5.97 Å². The van der Waals surface area contributed by atoms with Crippen LogP contribution in [0.5, 0.6) is 0 Å². The summed E-state index contributed by atoms with van der Waals surface area (Å²) in [6.45, 7) is 4.30. The molecule has 0 fully saturated rings. The Morgan fingerprint density at radius 3 is 2.60 bits per heavy atom. The number of rotatable bonds is 7. The Kier molecular flexibility index (Phi) is 6.83. The number of H-pyrrole nitrogens is 1. The zero-order chi connectivity index (χ0) is 24.9. The van der Waals surface area contributed by atoms with E-state index in [2.05, 4.69) is 10.3 Å². The number of carbonyl (C=O) groups is 2. The molecule has 0 radical (unpaired) electrons. The average Bonchev–Trinajstić information content (AvgIpc) is 3.41. The van der Waals surface area contributed by atoms with Gasteiger partial charge in [0.05, 0.1) is 12.7 Å². The lowest BCUT2D eigenvalue weighted by atomic mass is 10.1. The lowest BCUT2D eigenvalue weighted by Crippen LogP contribution is -2.26. The minimum absolute atomic E-state index is 0.0465. The number of carbonyl (C=O) groups excluding carboxylic acids is 2. The lowest BCUT2D eigenvalue weighted by Gasteiger charge is -2.10. The number of amides is 1. The first-order chi connectivity index (χ1) is 16.9. The van der Waals surface area contributed by atoms with E-state index in [1.54, 1.807) is 18.2 Å². The number of nitriles is 1. The molecule has 1 amide bonds. The standard InChI is InChI=1S/C28H26N4O3/c1-18-14-22(19(2)32(18)24-10-8-20(9-11-24)28(34)35-3)15-23(16-29)27(33)30-13-12-21-17-31-26-7-5-4-6-25(21)26/h4-11,14-15,17,31H,12-13H2,1-3H3,(H,30,33)/b23-15-. The van der Waals surface area contributed by atoms with Crippen molar-refractivity contribution in [2.24, 2.45) is 0 Å². The van der Waals surface area contributed by atoms with Gasteiger partial charge in [-0.15, -0.1) is 0 Å². The summed E-state index contributed by atoms with van der Waals surface area (Å²) in [6.07, 6.45) is 4.22. The van der Waals surface area contributed by atoms with Crippen molar-refractivity contribution < 1.29 is 14.3 Å². The fourth-order valence-electron chi connectivity index (χ4n) is 4.24. The van der Waals surface area contributed by atoms with E-state index in [1.807, 2.05) is 73.1 Å². The molecular weight excluding hydrogens is 440 g/mol. The minimum Gasteiger partial charge on any atom is -0.465 e. The summed E-state index contributed by atoms with van der Waals surface area (Å²) >= 11 is 0. The van der Waals surface area contributed by atoms with Crippen LogP contribution in [-0.4, -0.2) is 35.1 Å². The molecule has 2 heterocycles. The van der Waals surface area contributed by atoms with Gasteiger partial charge in [0.1, 0.15) is 11.6 Å². The normalized spacial score (nSPS) is 11.3. The van der Waals surface area contributed by atoms with Gasteiger partial charge in [-0.05, 0) is 73.9 Å². The number of benzene rings is 2. The van der Waals surface area contributed by atoms with Crippen LogP contribution in [-0.2, 0) is 16.0 Å². The molecule has 4 aromatic rings. The maximum atomic E-state index is 12.7.